The van der Waals surface area contributed by atoms with Crippen LogP contribution in [0.25, 0.3) is 0 Å². The molecule has 5 nitrogen and oxygen atoms in total. The molecule has 1 aliphatic carbocycles. The molecule has 0 bridgehead atoms. The van der Waals surface area contributed by atoms with Crippen molar-refractivity contribution < 1.29 is 16.8 Å². The maximum absolute atomic E-state index is 12.1. The van der Waals surface area contributed by atoms with Crippen molar-refractivity contribution in [3.05, 3.63) is 29.8 Å². The number of anilines is 1. The molecule has 1 aromatic rings. The van der Waals surface area contributed by atoms with E-state index in [0.29, 0.717) is 30.6 Å². The lowest BCUT2D eigenvalue weighted by Gasteiger charge is -2.29. The van der Waals surface area contributed by atoms with Crippen molar-refractivity contribution in [2.45, 2.75) is 64.0 Å². The first-order chi connectivity index (χ1) is 13.2. The highest BCUT2D eigenvalue weighted by Gasteiger charge is 2.29. The summed E-state index contributed by atoms with van der Waals surface area (Å²) in [5.74, 6) is 1.53. The maximum atomic E-state index is 12.1. The summed E-state index contributed by atoms with van der Waals surface area (Å²) in [6.07, 6.45) is 6.92. The molecule has 1 aromatic carbocycles. The number of nitrogens with zero attached hydrogens (tertiary/aromatic N) is 1. The summed E-state index contributed by atoms with van der Waals surface area (Å²) in [4.78, 5) is 0. The minimum absolute atomic E-state index is 0.243. The van der Waals surface area contributed by atoms with Gasteiger partial charge in [0.2, 0.25) is 10.0 Å². The van der Waals surface area contributed by atoms with E-state index < -0.39 is 19.9 Å². The van der Waals surface area contributed by atoms with Crippen LogP contribution in [0.1, 0.15) is 57.9 Å². The molecule has 0 aromatic heterocycles. The van der Waals surface area contributed by atoms with Crippen molar-refractivity contribution in [3.63, 3.8) is 0 Å². The van der Waals surface area contributed by atoms with Crippen molar-refractivity contribution in [3.8, 4) is 0 Å². The third kappa shape index (κ3) is 5.29. The molecular formula is C21H33NO4S2. The standard InChI is InChI=1S/C21H33NO4S2/c1-17(2)27(23,24)16-20-11-8-18(9-12-20)7-10-19-5-3-6-21(15-19)22-13-4-14-28(22,25)26/h3,5-6,15,17-18,20H,4,7-14,16H2,1-2H3. The van der Waals surface area contributed by atoms with Crippen molar-refractivity contribution in [1.29, 1.82) is 0 Å². The molecule has 158 valence electrons. The number of hydrogen-bond acceptors (Lipinski definition) is 4. The highest BCUT2D eigenvalue weighted by Crippen LogP contribution is 2.33. The molecule has 3 rings (SSSR count). The largest absolute Gasteiger partial charge is 0.270 e. The van der Waals surface area contributed by atoms with E-state index >= 15 is 0 Å². The van der Waals surface area contributed by atoms with Crippen LogP contribution >= 0.6 is 0 Å². The summed E-state index contributed by atoms with van der Waals surface area (Å²) in [5, 5.41) is -0.281. The second kappa shape index (κ2) is 8.74. The third-order valence-corrected chi connectivity index (χ3v) is 10.5. The summed E-state index contributed by atoms with van der Waals surface area (Å²) in [7, 11) is -6.08. The molecule has 0 radical (unpaired) electrons. The van der Waals surface area contributed by atoms with Crippen molar-refractivity contribution >= 4 is 25.5 Å². The van der Waals surface area contributed by atoms with Gasteiger partial charge in [0, 0.05) is 6.54 Å². The number of sulfone groups is 1. The molecule has 1 saturated carbocycles. The van der Waals surface area contributed by atoms with E-state index in [2.05, 4.69) is 6.07 Å². The second-order valence-electron chi connectivity index (χ2n) is 8.72. The molecular weight excluding hydrogens is 394 g/mol. The summed E-state index contributed by atoms with van der Waals surface area (Å²) < 4.78 is 50.1. The van der Waals surface area contributed by atoms with Crippen LogP contribution in [0.3, 0.4) is 0 Å². The third-order valence-electron chi connectivity index (χ3n) is 6.29. The Morgan fingerprint density at radius 2 is 1.79 bits per heavy atom. The minimum atomic E-state index is -3.14. The Bertz CT molecular complexity index is 869. The van der Waals surface area contributed by atoms with E-state index in [1.807, 2.05) is 18.2 Å². The van der Waals surface area contributed by atoms with E-state index in [0.717, 1.165) is 44.2 Å². The first-order valence-corrected chi connectivity index (χ1v) is 13.8. The van der Waals surface area contributed by atoms with Crippen LogP contribution in [0.15, 0.2) is 24.3 Å². The average molecular weight is 428 g/mol. The van der Waals surface area contributed by atoms with Gasteiger partial charge in [0.1, 0.15) is 0 Å². The van der Waals surface area contributed by atoms with Crippen LogP contribution in [0, 0.1) is 11.8 Å². The van der Waals surface area contributed by atoms with Crippen LogP contribution in [0.5, 0.6) is 0 Å². The predicted octanol–water partition coefficient (Wildman–Crippen LogP) is 3.79. The Morgan fingerprint density at radius 1 is 1.11 bits per heavy atom. The fourth-order valence-electron chi connectivity index (χ4n) is 4.38. The van der Waals surface area contributed by atoms with Crippen LogP contribution in [0.4, 0.5) is 5.69 Å². The Balaban J connectivity index is 1.50. The van der Waals surface area contributed by atoms with Crippen LogP contribution < -0.4 is 4.31 Å². The molecule has 0 N–H and O–H groups in total. The summed E-state index contributed by atoms with van der Waals surface area (Å²) >= 11 is 0. The Labute approximate surface area is 170 Å². The molecule has 0 amide bonds. The molecule has 1 aliphatic heterocycles. The van der Waals surface area contributed by atoms with Crippen molar-refractivity contribution in [1.82, 2.24) is 0 Å². The van der Waals surface area contributed by atoms with Gasteiger partial charge in [-0.15, -0.1) is 0 Å². The van der Waals surface area contributed by atoms with Gasteiger partial charge in [-0.3, -0.25) is 4.31 Å². The monoisotopic (exact) mass is 427 g/mol. The minimum Gasteiger partial charge on any atom is -0.270 e. The Hall–Kier alpha value is -1.08. The highest BCUT2D eigenvalue weighted by atomic mass is 32.2. The summed E-state index contributed by atoms with van der Waals surface area (Å²) in [6, 6.07) is 7.93. The number of sulfonamides is 1. The van der Waals surface area contributed by atoms with E-state index in [1.54, 1.807) is 13.8 Å². The van der Waals surface area contributed by atoms with Gasteiger partial charge in [-0.05, 0) is 75.5 Å². The van der Waals surface area contributed by atoms with Crippen molar-refractivity contribution in [2.24, 2.45) is 11.8 Å². The molecule has 0 spiro atoms. The zero-order valence-electron chi connectivity index (χ0n) is 17.0. The molecule has 1 heterocycles. The van der Waals surface area contributed by atoms with Gasteiger partial charge < -0.3 is 0 Å². The number of rotatable bonds is 7. The zero-order chi connectivity index (χ0) is 20.4. The second-order valence-corrected chi connectivity index (χ2v) is 13.3. The fraction of sp³-hybridized carbons (Fsp3) is 0.714. The molecule has 7 heteroatoms. The lowest BCUT2D eigenvalue weighted by Crippen LogP contribution is -2.26. The van der Waals surface area contributed by atoms with E-state index in [4.69, 9.17) is 0 Å². The number of benzene rings is 1. The lowest BCUT2D eigenvalue weighted by molar-refractivity contribution is 0.278. The normalized spacial score (nSPS) is 25.3. The van der Waals surface area contributed by atoms with Crippen LogP contribution in [-0.2, 0) is 26.3 Å². The van der Waals surface area contributed by atoms with Gasteiger partial charge in [-0.2, -0.15) is 0 Å². The van der Waals surface area contributed by atoms with Gasteiger partial charge in [-0.25, -0.2) is 16.8 Å². The van der Waals surface area contributed by atoms with Crippen LogP contribution in [-0.4, -0.2) is 40.1 Å². The topological polar surface area (TPSA) is 71.5 Å². The van der Waals surface area contributed by atoms with E-state index in [9.17, 15) is 16.8 Å². The average Bonchev–Trinajstić information content (AvgIpc) is 3.00. The molecule has 2 fully saturated rings. The van der Waals surface area contributed by atoms with Gasteiger partial charge in [0.25, 0.3) is 0 Å². The smallest absolute Gasteiger partial charge is 0.235 e. The molecule has 28 heavy (non-hydrogen) atoms. The van der Waals surface area contributed by atoms with Crippen LogP contribution in [0.2, 0.25) is 0 Å². The SMILES string of the molecule is CC(C)S(=O)(=O)CC1CCC(CCc2cccc(N3CCCS3(=O)=O)c2)CC1. The predicted molar refractivity (Wildman–Crippen MR) is 115 cm³/mol. The quantitative estimate of drug-likeness (QED) is 0.664. The molecule has 1 saturated heterocycles. The Kier molecular flexibility index (Phi) is 6.75. The highest BCUT2D eigenvalue weighted by molar-refractivity contribution is 7.93. The maximum Gasteiger partial charge on any atom is 0.235 e. The molecule has 0 atom stereocenters. The van der Waals surface area contributed by atoms with Gasteiger partial charge in [-0.1, -0.05) is 25.0 Å². The molecule has 0 unspecified atom stereocenters. The van der Waals surface area contributed by atoms with Gasteiger partial charge in [0.05, 0.1) is 22.4 Å². The molecule has 2 aliphatic rings. The van der Waals surface area contributed by atoms with E-state index in [-0.39, 0.29) is 11.0 Å². The first kappa shape index (κ1) is 21.6. The van der Waals surface area contributed by atoms with Gasteiger partial charge >= 0.3 is 0 Å². The van der Waals surface area contributed by atoms with Gasteiger partial charge in [0.15, 0.2) is 9.84 Å². The van der Waals surface area contributed by atoms with Crippen molar-refractivity contribution in [2.75, 3.05) is 22.4 Å². The zero-order valence-corrected chi connectivity index (χ0v) is 18.6. The summed E-state index contributed by atoms with van der Waals surface area (Å²) in [6.45, 7) is 4.11. The summed E-state index contributed by atoms with van der Waals surface area (Å²) in [5.41, 5.74) is 1.97. The first-order valence-electron chi connectivity index (χ1n) is 10.5. The van der Waals surface area contributed by atoms with E-state index in [1.165, 1.54) is 9.87 Å². The number of aryl methyl sites for hydroxylation is 1. The Morgan fingerprint density at radius 3 is 2.39 bits per heavy atom. The fourth-order valence-corrected chi connectivity index (χ4v) is 7.31. The number of hydrogen-bond donors (Lipinski definition) is 0. The lowest BCUT2D eigenvalue weighted by atomic mass is 9.80.